The highest BCUT2D eigenvalue weighted by Gasteiger charge is 2.11. The quantitative estimate of drug-likeness (QED) is 0.691. The summed E-state index contributed by atoms with van der Waals surface area (Å²) >= 11 is 5.93. The molecule has 0 bridgehead atoms. The van der Waals surface area contributed by atoms with E-state index in [9.17, 15) is 9.59 Å². The molecular formula is C16H14ClN3O2. The van der Waals surface area contributed by atoms with Gasteiger partial charge in [0.15, 0.2) is 0 Å². The predicted octanol–water partition coefficient (Wildman–Crippen LogP) is 2.48. The molecule has 0 saturated heterocycles. The summed E-state index contributed by atoms with van der Waals surface area (Å²) in [7, 11) is 0. The van der Waals surface area contributed by atoms with Crippen molar-refractivity contribution in [1.29, 1.82) is 0 Å². The van der Waals surface area contributed by atoms with Crippen LogP contribution >= 0.6 is 11.6 Å². The summed E-state index contributed by atoms with van der Waals surface area (Å²) in [5.74, 6) is -0.220. The van der Waals surface area contributed by atoms with E-state index in [1.807, 2.05) is 24.3 Å². The van der Waals surface area contributed by atoms with E-state index < -0.39 is 0 Å². The number of carbonyl (C=O) groups excluding carboxylic acids is 1. The number of imidazole rings is 1. The maximum atomic E-state index is 12.3. The van der Waals surface area contributed by atoms with Gasteiger partial charge in [-0.3, -0.25) is 4.79 Å². The molecule has 1 aromatic heterocycles. The number of hydrogen-bond donors (Lipinski definition) is 3. The van der Waals surface area contributed by atoms with Crippen molar-refractivity contribution in [3.63, 3.8) is 0 Å². The minimum absolute atomic E-state index is 0.220. The number of fused-ring (bicyclic) bond motifs is 1. The SMILES string of the molecule is O=C(NCCc1cccc(Cl)c1)c1cccc2[nH]c(=O)[nH]c12. The van der Waals surface area contributed by atoms with Gasteiger partial charge in [0.05, 0.1) is 16.6 Å². The average Bonchev–Trinajstić information content (AvgIpc) is 2.87. The number of amides is 1. The van der Waals surface area contributed by atoms with E-state index in [0.29, 0.717) is 34.6 Å². The highest BCUT2D eigenvalue weighted by molar-refractivity contribution is 6.30. The number of aromatic amines is 2. The zero-order valence-corrected chi connectivity index (χ0v) is 12.4. The monoisotopic (exact) mass is 315 g/mol. The average molecular weight is 316 g/mol. The van der Waals surface area contributed by atoms with Gasteiger partial charge in [0, 0.05) is 11.6 Å². The van der Waals surface area contributed by atoms with Crippen LogP contribution in [-0.2, 0) is 6.42 Å². The summed E-state index contributed by atoms with van der Waals surface area (Å²) in [6.07, 6.45) is 0.686. The number of nitrogens with one attached hydrogen (secondary N) is 3. The minimum Gasteiger partial charge on any atom is -0.352 e. The second-order valence-corrected chi connectivity index (χ2v) is 5.38. The first-order valence-electron chi connectivity index (χ1n) is 6.87. The molecule has 0 radical (unpaired) electrons. The molecule has 22 heavy (non-hydrogen) atoms. The molecule has 2 aromatic carbocycles. The van der Waals surface area contributed by atoms with E-state index in [0.717, 1.165) is 5.56 Å². The summed E-state index contributed by atoms with van der Waals surface area (Å²) in [6, 6.07) is 12.7. The van der Waals surface area contributed by atoms with Crippen molar-refractivity contribution in [2.24, 2.45) is 0 Å². The lowest BCUT2D eigenvalue weighted by molar-refractivity contribution is 0.0955. The third-order valence-corrected chi connectivity index (χ3v) is 3.62. The van der Waals surface area contributed by atoms with Gasteiger partial charge in [0.25, 0.3) is 5.91 Å². The van der Waals surface area contributed by atoms with Crippen molar-refractivity contribution in [1.82, 2.24) is 15.3 Å². The van der Waals surface area contributed by atoms with E-state index in [1.165, 1.54) is 0 Å². The second kappa shape index (κ2) is 6.07. The largest absolute Gasteiger partial charge is 0.352 e. The number of rotatable bonds is 4. The van der Waals surface area contributed by atoms with E-state index >= 15 is 0 Å². The molecule has 0 spiro atoms. The Hall–Kier alpha value is -2.53. The molecule has 3 N–H and O–H groups in total. The fraction of sp³-hybridized carbons (Fsp3) is 0.125. The molecule has 5 nitrogen and oxygen atoms in total. The summed E-state index contributed by atoms with van der Waals surface area (Å²) < 4.78 is 0. The van der Waals surface area contributed by atoms with Crippen molar-refractivity contribution >= 4 is 28.5 Å². The molecule has 6 heteroatoms. The highest BCUT2D eigenvalue weighted by atomic mass is 35.5. The first-order valence-corrected chi connectivity index (χ1v) is 7.25. The standard InChI is InChI=1S/C16H14ClN3O2/c17-11-4-1-3-10(9-11)7-8-18-15(21)12-5-2-6-13-14(12)20-16(22)19-13/h1-6,9H,7-8H2,(H,18,21)(H2,19,20,22). The fourth-order valence-electron chi connectivity index (χ4n) is 2.36. The van der Waals surface area contributed by atoms with Gasteiger partial charge >= 0.3 is 5.69 Å². The summed E-state index contributed by atoms with van der Waals surface area (Å²) in [4.78, 5) is 28.9. The molecule has 0 atom stereocenters. The lowest BCUT2D eigenvalue weighted by Gasteiger charge is -2.06. The molecule has 0 aliphatic carbocycles. The molecule has 1 heterocycles. The molecule has 0 aliphatic heterocycles. The van der Waals surface area contributed by atoms with Crippen LogP contribution in [0.2, 0.25) is 5.02 Å². The maximum absolute atomic E-state index is 12.3. The number of benzene rings is 2. The van der Waals surface area contributed by atoms with Gasteiger partial charge in [0.2, 0.25) is 0 Å². The van der Waals surface area contributed by atoms with Gasteiger partial charge in [-0.15, -0.1) is 0 Å². The Morgan fingerprint density at radius 2 is 1.95 bits per heavy atom. The Bertz CT molecular complexity index is 882. The van der Waals surface area contributed by atoms with Crippen LogP contribution in [0.15, 0.2) is 47.3 Å². The number of carbonyl (C=O) groups is 1. The Morgan fingerprint density at radius 3 is 2.77 bits per heavy atom. The van der Waals surface area contributed by atoms with E-state index in [2.05, 4.69) is 15.3 Å². The van der Waals surface area contributed by atoms with Gasteiger partial charge in [-0.25, -0.2) is 4.79 Å². The zero-order chi connectivity index (χ0) is 15.5. The molecule has 1 amide bonds. The lowest BCUT2D eigenvalue weighted by Crippen LogP contribution is -2.26. The zero-order valence-electron chi connectivity index (χ0n) is 11.7. The Kier molecular flexibility index (Phi) is 3.98. The Labute approximate surface area is 131 Å². The lowest BCUT2D eigenvalue weighted by atomic mass is 10.1. The van der Waals surface area contributed by atoms with Crippen molar-refractivity contribution in [3.8, 4) is 0 Å². The predicted molar refractivity (Wildman–Crippen MR) is 86.4 cm³/mol. The molecule has 3 rings (SSSR count). The normalized spacial score (nSPS) is 10.8. The molecule has 0 fully saturated rings. The maximum Gasteiger partial charge on any atom is 0.323 e. The van der Waals surface area contributed by atoms with Gasteiger partial charge in [-0.05, 0) is 36.2 Å². The molecule has 112 valence electrons. The van der Waals surface area contributed by atoms with Crippen molar-refractivity contribution in [2.75, 3.05) is 6.54 Å². The number of para-hydroxylation sites is 1. The van der Waals surface area contributed by atoms with Gasteiger partial charge in [-0.1, -0.05) is 29.8 Å². The van der Waals surface area contributed by atoms with Crippen molar-refractivity contribution in [2.45, 2.75) is 6.42 Å². The molecule has 0 unspecified atom stereocenters. The van der Waals surface area contributed by atoms with Crippen LogP contribution in [0.1, 0.15) is 15.9 Å². The van der Waals surface area contributed by atoms with Crippen LogP contribution in [0.5, 0.6) is 0 Å². The van der Waals surface area contributed by atoms with E-state index in [4.69, 9.17) is 11.6 Å². The molecule has 0 saturated carbocycles. The highest BCUT2D eigenvalue weighted by Crippen LogP contribution is 2.13. The number of halogens is 1. The van der Waals surface area contributed by atoms with Gasteiger partial charge in [0.1, 0.15) is 0 Å². The van der Waals surface area contributed by atoms with Crippen molar-refractivity contribution in [3.05, 3.63) is 69.1 Å². The van der Waals surface area contributed by atoms with Gasteiger partial charge in [-0.2, -0.15) is 0 Å². The smallest absolute Gasteiger partial charge is 0.323 e. The van der Waals surface area contributed by atoms with Crippen LogP contribution in [0.3, 0.4) is 0 Å². The van der Waals surface area contributed by atoms with Crippen LogP contribution in [0.4, 0.5) is 0 Å². The van der Waals surface area contributed by atoms with Crippen LogP contribution in [-0.4, -0.2) is 22.4 Å². The summed E-state index contributed by atoms with van der Waals surface area (Å²) in [5.41, 5.74) is 2.32. The third-order valence-electron chi connectivity index (χ3n) is 3.38. The first kappa shape index (κ1) is 14.4. The molecule has 3 aromatic rings. The molecular weight excluding hydrogens is 302 g/mol. The second-order valence-electron chi connectivity index (χ2n) is 4.94. The first-order chi connectivity index (χ1) is 10.6. The minimum atomic E-state index is -0.325. The fourth-order valence-corrected chi connectivity index (χ4v) is 2.57. The number of aromatic nitrogens is 2. The van der Waals surface area contributed by atoms with E-state index in [1.54, 1.807) is 18.2 Å². The number of H-pyrrole nitrogens is 2. The summed E-state index contributed by atoms with van der Waals surface area (Å²) in [5, 5.41) is 3.53. The van der Waals surface area contributed by atoms with Crippen LogP contribution < -0.4 is 11.0 Å². The Balaban J connectivity index is 1.70. The number of hydrogen-bond acceptors (Lipinski definition) is 2. The van der Waals surface area contributed by atoms with E-state index in [-0.39, 0.29) is 11.6 Å². The topological polar surface area (TPSA) is 77.8 Å². The Morgan fingerprint density at radius 1 is 1.14 bits per heavy atom. The van der Waals surface area contributed by atoms with Crippen LogP contribution in [0, 0.1) is 0 Å². The van der Waals surface area contributed by atoms with Gasteiger partial charge < -0.3 is 15.3 Å². The van der Waals surface area contributed by atoms with Crippen molar-refractivity contribution < 1.29 is 4.79 Å². The van der Waals surface area contributed by atoms with Crippen LogP contribution in [0.25, 0.3) is 11.0 Å². The summed E-state index contributed by atoms with van der Waals surface area (Å²) in [6.45, 7) is 0.490. The third kappa shape index (κ3) is 3.04. The molecule has 0 aliphatic rings.